The highest BCUT2D eigenvalue weighted by Gasteiger charge is 2.24. The average Bonchev–Trinajstić information content (AvgIpc) is 2.26. The van der Waals surface area contributed by atoms with Crippen LogP contribution in [0.5, 0.6) is 0 Å². The van der Waals surface area contributed by atoms with E-state index < -0.39 is 5.60 Å². The molecule has 0 heterocycles. The maximum atomic E-state index is 10.6. The zero-order valence-corrected chi connectivity index (χ0v) is 14.2. The fourth-order valence-corrected chi connectivity index (χ4v) is 2.15. The van der Waals surface area contributed by atoms with E-state index in [0.717, 1.165) is 12.1 Å². The molecule has 0 saturated carbocycles. The maximum Gasteiger partial charge on any atom is 0.0880 e. The first-order valence-electron chi connectivity index (χ1n) is 7.50. The first-order chi connectivity index (χ1) is 8.92. The molecule has 2 heteroatoms. The molecule has 2 N–H and O–H groups in total. The van der Waals surface area contributed by atoms with Crippen LogP contribution in [0.4, 0.5) is 0 Å². The van der Waals surface area contributed by atoms with E-state index >= 15 is 0 Å². The van der Waals surface area contributed by atoms with Crippen molar-refractivity contribution in [3.05, 3.63) is 35.4 Å². The summed E-state index contributed by atoms with van der Waals surface area (Å²) in [4.78, 5) is 0. The standard InChI is InChI=1S/C18H31NO/c1-16(2,3)14-8-10-15(11-9-14)18(7,20)12-13-19-17(4,5)6/h8-11,19-20H,12-13H2,1-7H3. The van der Waals surface area contributed by atoms with Gasteiger partial charge in [-0.25, -0.2) is 0 Å². The van der Waals surface area contributed by atoms with Gasteiger partial charge in [-0.2, -0.15) is 0 Å². The zero-order chi connectivity index (χ0) is 15.6. The van der Waals surface area contributed by atoms with Crippen LogP contribution in [-0.4, -0.2) is 17.2 Å². The van der Waals surface area contributed by atoms with Gasteiger partial charge in [-0.15, -0.1) is 0 Å². The van der Waals surface area contributed by atoms with Crippen LogP contribution in [-0.2, 0) is 11.0 Å². The third kappa shape index (κ3) is 5.26. The maximum absolute atomic E-state index is 10.6. The molecular weight excluding hydrogens is 246 g/mol. The Morgan fingerprint density at radius 2 is 1.30 bits per heavy atom. The van der Waals surface area contributed by atoms with Crippen LogP contribution in [0, 0.1) is 0 Å². The smallest absolute Gasteiger partial charge is 0.0880 e. The molecule has 114 valence electrons. The topological polar surface area (TPSA) is 32.3 Å². The van der Waals surface area contributed by atoms with Gasteiger partial charge in [0.25, 0.3) is 0 Å². The number of rotatable bonds is 4. The van der Waals surface area contributed by atoms with Crippen LogP contribution in [0.25, 0.3) is 0 Å². The van der Waals surface area contributed by atoms with Gasteiger partial charge in [-0.05, 0) is 57.2 Å². The van der Waals surface area contributed by atoms with Gasteiger partial charge in [0.2, 0.25) is 0 Å². The molecule has 0 aliphatic carbocycles. The highest BCUT2D eigenvalue weighted by molar-refractivity contribution is 5.30. The molecule has 1 unspecified atom stereocenters. The molecule has 2 nitrogen and oxygen atoms in total. The van der Waals surface area contributed by atoms with Crippen molar-refractivity contribution in [3.63, 3.8) is 0 Å². The van der Waals surface area contributed by atoms with E-state index in [1.165, 1.54) is 5.56 Å². The van der Waals surface area contributed by atoms with Crippen LogP contribution in [0.2, 0.25) is 0 Å². The third-order valence-corrected chi connectivity index (χ3v) is 3.64. The summed E-state index contributed by atoms with van der Waals surface area (Å²) in [6.45, 7) is 15.7. The number of aliphatic hydroxyl groups is 1. The fourth-order valence-electron chi connectivity index (χ4n) is 2.15. The zero-order valence-electron chi connectivity index (χ0n) is 14.2. The Morgan fingerprint density at radius 1 is 0.850 bits per heavy atom. The van der Waals surface area contributed by atoms with E-state index in [9.17, 15) is 5.11 Å². The first kappa shape index (κ1) is 17.2. The Hall–Kier alpha value is -0.860. The second-order valence-electron chi connectivity index (χ2n) is 8.03. The lowest BCUT2D eigenvalue weighted by Gasteiger charge is -2.28. The van der Waals surface area contributed by atoms with Gasteiger partial charge < -0.3 is 10.4 Å². The summed E-state index contributed by atoms with van der Waals surface area (Å²) < 4.78 is 0. The lowest BCUT2D eigenvalue weighted by atomic mass is 9.84. The fraction of sp³-hybridized carbons (Fsp3) is 0.667. The Morgan fingerprint density at radius 3 is 1.70 bits per heavy atom. The third-order valence-electron chi connectivity index (χ3n) is 3.64. The van der Waals surface area contributed by atoms with Crippen LogP contribution in [0.1, 0.15) is 66.0 Å². The summed E-state index contributed by atoms with van der Waals surface area (Å²) in [7, 11) is 0. The molecule has 1 rings (SSSR count). The summed E-state index contributed by atoms with van der Waals surface area (Å²) in [6, 6.07) is 8.36. The normalized spacial score (nSPS) is 16.0. The van der Waals surface area contributed by atoms with Crippen LogP contribution in [0.15, 0.2) is 24.3 Å². The molecule has 20 heavy (non-hydrogen) atoms. The van der Waals surface area contributed by atoms with Crippen molar-refractivity contribution in [2.24, 2.45) is 0 Å². The van der Waals surface area contributed by atoms with Crippen molar-refractivity contribution >= 4 is 0 Å². The van der Waals surface area contributed by atoms with Gasteiger partial charge >= 0.3 is 0 Å². The van der Waals surface area contributed by atoms with E-state index in [4.69, 9.17) is 0 Å². The van der Waals surface area contributed by atoms with Gasteiger partial charge in [0.15, 0.2) is 0 Å². The summed E-state index contributed by atoms with van der Waals surface area (Å²) in [5, 5.41) is 14.1. The highest BCUT2D eigenvalue weighted by atomic mass is 16.3. The van der Waals surface area contributed by atoms with E-state index in [1.807, 2.05) is 6.92 Å². The molecule has 0 bridgehead atoms. The van der Waals surface area contributed by atoms with E-state index in [-0.39, 0.29) is 11.0 Å². The van der Waals surface area contributed by atoms with Crippen LogP contribution >= 0.6 is 0 Å². The lowest BCUT2D eigenvalue weighted by Crippen LogP contribution is -2.39. The predicted molar refractivity (Wildman–Crippen MR) is 87.1 cm³/mol. The molecule has 0 amide bonds. The lowest BCUT2D eigenvalue weighted by molar-refractivity contribution is 0.0463. The number of hydrogen-bond donors (Lipinski definition) is 2. The van der Waals surface area contributed by atoms with Gasteiger partial charge in [0, 0.05) is 5.54 Å². The van der Waals surface area contributed by atoms with Crippen LogP contribution in [0.3, 0.4) is 0 Å². The Labute approximate surface area is 124 Å². The Kier molecular flexibility index (Phi) is 5.04. The molecule has 0 aromatic heterocycles. The summed E-state index contributed by atoms with van der Waals surface area (Å²) in [6.07, 6.45) is 0.707. The molecule has 1 aromatic rings. The van der Waals surface area contributed by atoms with Gasteiger partial charge in [0.1, 0.15) is 0 Å². The number of nitrogens with one attached hydrogen (secondary N) is 1. The molecule has 0 fully saturated rings. The molecule has 1 atom stereocenters. The minimum absolute atomic E-state index is 0.0895. The van der Waals surface area contributed by atoms with Gasteiger partial charge in [-0.3, -0.25) is 0 Å². The Balaban J connectivity index is 2.73. The largest absolute Gasteiger partial charge is 0.385 e. The first-order valence-corrected chi connectivity index (χ1v) is 7.50. The number of hydrogen-bond acceptors (Lipinski definition) is 2. The van der Waals surface area contributed by atoms with Crippen molar-refractivity contribution in [2.75, 3.05) is 6.54 Å². The van der Waals surface area contributed by atoms with E-state index in [1.54, 1.807) is 0 Å². The SMILES string of the molecule is CC(C)(C)NCCC(C)(O)c1ccc(C(C)(C)C)cc1. The molecule has 0 saturated heterocycles. The summed E-state index contributed by atoms with van der Waals surface area (Å²) in [5.74, 6) is 0. The van der Waals surface area contributed by atoms with Crippen LogP contribution < -0.4 is 5.32 Å². The van der Waals surface area contributed by atoms with Crippen molar-refractivity contribution in [1.29, 1.82) is 0 Å². The highest BCUT2D eigenvalue weighted by Crippen LogP contribution is 2.28. The van der Waals surface area contributed by atoms with Crippen molar-refractivity contribution in [2.45, 2.75) is 71.4 Å². The quantitative estimate of drug-likeness (QED) is 0.873. The molecule has 0 radical (unpaired) electrons. The molecule has 1 aromatic carbocycles. The second-order valence-corrected chi connectivity index (χ2v) is 8.03. The van der Waals surface area contributed by atoms with E-state index in [0.29, 0.717) is 6.42 Å². The predicted octanol–water partition coefficient (Wildman–Crippen LogP) is 3.97. The summed E-state index contributed by atoms with van der Waals surface area (Å²) in [5.41, 5.74) is 1.74. The minimum Gasteiger partial charge on any atom is -0.385 e. The van der Waals surface area contributed by atoms with Crippen molar-refractivity contribution < 1.29 is 5.11 Å². The van der Waals surface area contributed by atoms with Crippen molar-refractivity contribution in [1.82, 2.24) is 5.32 Å². The second kappa shape index (κ2) is 5.87. The molecule has 0 aliphatic rings. The average molecular weight is 277 g/mol. The molecular formula is C18H31NO. The van der Waals surface area contributed by atoms with Gasteiger partial charge in [0.05, 0.1) is 5.60 Å². The molecule has 0 spiro atoms. The Bertz CT molecular complexity index is 418. The van der Waals surface area contributed by atoms with E-state index in [2.05, 4.69) is 71.1 Å². The number of benzene rings is 1. The minimum atomic E-state index is -0.783. The summed E-state index contributed by atoms with van der Waals surface area (Å²) >= 11 is 0. The van der Waals surface area contributed by atoms with Crippen molar-refractivity contribution in [3.8, 4) is 0 Å². The molecule has 0 aliphatic heterocycles. The monoisotopic (exact) mass is 277 g/mol. The van der Waals surface area contributed by atoms with Gasteiger partial charge in [-0.1, -0.05) is 45.0 Å².